The van der Waals surface area contributed by atoms with Crippen molar-refractivity contribution >= 4 is 5.97 Å². The zero-order valence-electron chi connectivity index (χ0n) is 10.3. The van der Waals surface area contributed by atoms with Gasteiger partial charge in [-0.3, -0.25) is 4.79 Å². The second kappa shape index (κ2) is 4.10. The highest BCUT2D eigenvalue weighted by Gasteiger charge is 2.45. The van der Waals surface area contributed by atoms with Gasteiger partial charge in [-0.15, -0.1) is 0 Å². The Labute approximate surface area is 101 Å². The lowest BCUT2D eigenvalue weighted by atomic mass is 9.71. The Morgan fingerprint density at radius 1 is 1.41 bits per heavy atom. The van der Waals surface area contributed by atoms with Crippen molar-refractivity contribution in [3.8, 4) is 0 Å². The maximum absolute atomic E-state index is 10.8. The van der Waals surface area contributed by atoms with Crippen LogP contribution in [-0.2, 0) is 4.79 Å². The van der Waals surface area contributed by atoms with Gasteiger partial charge in [0.15, 0.2) is 0 Å². The Morgan fingerprint density at radius 2 is 2.06 bits per heavy atom. The van der Waals surface area contributed by atoms with Crippen LogP contribution in [0.25, 0.3) is 0 Å². The van der Waals surface area contributed by atoms with Crippen LogP contribution in [0.4, 0.5) is 0 Å². The van der Waals surface area contributed by atoms with Gasteiger partial charge in [-0.1, -0.05) is 13.8 Å². The SMILES string of the molecule is CC1(C)CC[C@@H](O)C2=C1[C@H](O)[C@H](CC(=O)O)C2. The molecule has 2 rings (SSSR count). The topological polar surface area (TPSA) is 77.8 Å². The van der Waals surface area contributed by atoms with E-state index in [0.29, 0.717) is 12.8 Å². The maximum atomic E-state index is 10.8. The number of aliphatic hydroxyl groups excluding tert-OH is 2. The van der Waals surface area contributed by atoms with E-state index in [0.717, 1.165) is 17.6 Å². The smallest absolute Gasteiger partial charge is 0.303 e. The van der Waals surface area contributed by atoms with Gasteiger partial charge in [-0.05, 0) is 35.8 Å². The fraction of sp³-hybridized carbons (Fsp3) is 0.769. The minimum Gasteiger partial charge on any atom is -0.481 e. The lowest BCUT2D eigenvalue weighted by Gasteiger charge is -2.36. The van der Waals surface area contributed by atoms with Crippen LogP contribution in [0.1, 0.15) is 39.5 Å². The van der Waals surface area contributed by atoms with E-state index < -0.39 is 18.2 Å². The quantitative estimate of drug-likeness (QED) is 0.636. The second-order valence-electron chi connectivity index (χ2n) is 5.88. The van der Waals surface area contributed by atoms with E-state index in [-0.39, 0.29) is 17.8 Å². The molecular weight excluding hydrogens is 220 g/mol. The van der Waals surface area contributed by atoms with Crippen molar-refractivity contribution in [3.63, 3.8) is 0 Å². The fourth-order valence-corrected chi connectivity index (χ4v) is 3.29. The molecule has 17 heavy (non-hydrogen) atoms. The van der Waals surface area contributed by atoms with Crippen LogP contribution in [-0.4, -0.2) is 33.5 Å². The third-order valence-corrected chi connectivity index (χ3v) is 4.18. The van der Waals surface area contributed by atoms with Gasteiger partial charge >= 0.3 is 5.97 Å². The standard InChI is InChI=1S/C13H20O4/c1-13(2)4-3-9(14)8-5-7(6-10(15)16)12(17)11(8)13/h7,9,12,14,17H,3-6H2,1-2H3,(H,15,16)/t7-,9+,12+/m0/s1. The van der Waals surface area contributed by atoms with Crippen LogP contribution in [0.15, 0.2) is 11.1 Å². The first-order valence-corrected chi connectivity index (χ1v) is 6.14. The van der Waals surface area contributed by atoms with E-state index in [1.165, 1.54) is 0 Å². The number of aliphatic carboxylic acids is 1. The molecular formula is C13H20O4. The van der Waals surface area contributed by atoms with Crippen molar-refractivity contribution in [2.45, 2.75) is 51.7 Å². The van der Waals surface area contributed by atoms with Crippen LogP contribution in [0.2, 0.25) is 0 Å². The molecule has 96 valence electrons. The number of carboxylic acid groups (broad SMARTS) is 1. The first-order valence-electron chi connectivity index (χ1n) is 6.14. The minimum atomic E-state index is -0.888. The van der Waals surface area contributed by atoms with E-state index in [1.807, 2.05) is 0 Å². The highest BCUT2D eigenvalue weighted by atomic mass is 16.4. The lowest BCUT2D eigenvalue weighted by Crippen LogP contribution is -2.32. The number of hydrogen-bond donors (Lipinski definition) is 3. The molecule has 2 aliphatic rings. The zero-order valence-corrected chi connectivity index (χ0v) is 10.3. The fourth-order valence-electron chi connectivity index (χ4n) is 3.29. The van der Waals surface area contributed by atoms with Gasteiger partial charge in [0.25, 0.3) is 0 Å². The molecule has 0 radical (unpaired) electrons. The van der Waals surface area contributed by atoms with E-state index >= 15 is 0 Å². The van der Waals surface area contributed by atoms with Crippen LogP contribution < -0.4 is 0 Å². The number of aliphatic hydroxyl groups is 2. The highest BCUT2D eigenvalue weighted by Crippen LogP contribution is 2.50. The number of carbonyl (C=O) groups is 1. The number of rotatable bonds is 2. The Balaban J connectivity index is 2.28. The van der Waals surface area contributed by atoms with Crippen LogP contribution in [0.3, 0.4) is 0 Å². The number of hydrogen-bond acceptors (Lipinski definition) is 3. The molecule has 0 amide bonds. The molecule has 0 saturated carbocycles. The molecule has 0 aromatic heterocycles. The van der Waals surface area contributed by atoms with Gasteiger partial charge in [-0.25, -0.2) is 0 Å². The minimum absolute atomic E-state index is 0.0308. The molecule has 0 spiro atoms. The van der Waals surface area contributed by atoms with Crippen molar-refractivity contribution in [1.82, 2.24) is 0 Å². The summed E-state index contributed by atoms with van der Waals surface area (Å²) in [6.07, 6.45) is 0.838. The molecule has 0 saturated heterocycles. The van der Waals surface area contributed by atoms with E-state index in [2.05, 4.69) is 13.8 Å². The predicted molar refractivity (Wildman–Crippen MR) is 62.4 cm³/mol. The van der Waals surface area contributed by atoms with Crippen molar-refractivity contribution in [2.24, 2.45) is 11.3 Å². The Bertz CT molecular complexity index is 370. The summed E-state index contributed by atoms with van der Waals surface area (Å²) in [5, 5.41) is 29.0. The first-order chi connectivity index (χ1) is 7.83. The summed E-state index contributed by atoms with van der Waals surface area (Å²) < 4.78 is 0. The third kappa shape index (κ3) is 2.11. The molecule has 2 aliphatic carbocycles. The second-order valence-corrected chi connectivity index (χ2v) is 5.88. The van der Waals surface area contributed by atoms with Gasteiger partial charge in [0.05, 0.1) is 18.6 Å². The molecule has 0 fully saturated rings. The molecule has 0 heterocycles. The van der Waals surface area contributed by atoms with E-state index in [9.17, 15) is 15.0 Å². The molecule has 0 aliphatic heterocycles. The highest BCUT2D eigenvalue weighted by molar-refractivity contribution is 5.67. The molecule has 4 nitrogen and oxygen atoms in total. The lowest BCUT2D eigenvalue weighted by molar-refractivity contribution is -0.138. The first kappa shape index (κ1) is 12.6. The van der Waals surface area contributed by atoms with Gasteiger partial charge < -0.3 is 15.3 Å². The van der Waals surface area contributed by atoms with Crippen molar-refractivity contribution in [3.05, 3.63) is 11.1 Å². The van der Waals surface area contributed by atoms with Crippen LogP contribution in [0.5, 0.6) is 0 Å². The molecule has 4 heteroatoms. The summed E-state index contributed by atoms with van der Waals surface area (Å²) in [5.74, 6) is -1.16. The zero-order chi connectivity index (χ0) is 12.8. The summed E-state index contributed by atoms with van der Waals surface area (Å²) in [6.45, 7) is 4.11. The maximum Gasteiger partial charge on any atom is 0.303 e. The largest absolute Gasteiger partial charge is 0.481 e. The van der Waals surface area contributed by atoms with E-state index in [1.54, 1.807) is 0 Å². The third-order valence-electron chi connectivity index (χ3n) is 4.18. The summed E-state index contributed by atoms with van der Waals surface area (Å²) in [7, 11) is 0. The molecule has 3 atom stereocenters. The monoisotopic (exact) mass is 240 g/mol. The predicted octanol–water partition coefficient (Wildman–Crippen LogP) is 1.32. The molecule has 0 aromatic carbocycles. The van der Waals surface area contributed by atoms with Gasteiger partial charge in [0.2, 0.25) is 0 Å². The van der Waals surface area contributed by atoms with Crippen molar-refractivity contribution < 1.29 is 20.1 Å². The average Bonchev–Trinajstić information content (AvgIpc) is 2.52. The summed E-state index contributed by atoms with van der Waals surface area (Å²) in [6, 6.07) is 0. The van der Waals surface area contributed by atoms with Gasteiger partial charge in [0.1, 0.15) is 0 Å². The van der Waals surface area contributed by atoms with Crippen molar-refractivity contribution in [2.75, 3.05) is 0 Å². The van der Waals surface area contributed by atoms with Crippen molar-refractivity contribution in [1.29, 1.82) is 0 Å². The Hall–Kier alpha value is -0.870. The van der Waals surface area contributed by atoms with Crippen LogP contribution in [0, 0.1) is 11.3 Å². The summed E-state index contributed by atoms with van der Waals surface area (Å²) in [4.78, 5) is 10.8. The molecule has 3 N–H and O–H groups in total. The Morgan fingerprint density at radius 3 is 2.59 bits per heavy atom. The van der Waals surface area contributed by atoms with E-state index in [4.69, 9.17) is 5.11 Å². The van der Waals surface area contributed by atoms with Crippen LogP contribution >= 0.6 is 0 Å². The van der Waals surface area contributed by atoms with Gasteiger partial charge in [-0.2, -0.15) is 0 Å². The normalized spacial score (nSPS) is 35.9. The molecule has 0 aromatic rings. The number of carboxylic acids is 1. The Kier molecular flexibility index (Phi) is 3.04. The summed E-state index contributed by atoms with van der Waals surface area (Å²) >= 11 is 0. The average molecular weight is 240 g/mol. The summed E-state index contributed by atoms with van der Waals surface area (Å²) in [5.41, 5.74) is 1.66. The van der Waals surface area contributed by atoms with Gasteiger partial charge in [0, 0.05) is 5.92 Å². The molecule has 0 bridgehead atoms. The molecule has 0 unspecified atom stereocenters.